The van der Waals surface area contributed by atoms with E-state index in [1.807, 2.05) is 6.07 Å². The molecule has 0 aromatic heterocycles. The van der Waals surface area contributed by atoms with Gasteiger partial charge in [0.15, 0.2) is 0 Å². The van der Waals surface area contributed by atoms with Crippen LogP contribution in [0.15, 0.2) is 0 Å². The number of hydrogen-bond donors (Lipinski definition) is 1. The fourth-order valence-corrected chi connectivity index (χ4v) is 0.844. The maximum Gasteiger partial charge on any atom is 0.304 e. The number of rotatable bonds is 7. The summed E-state index contributed by atoms with van der Waals surface area (Å²) in [6.07, 6.45) is 0.0609. The van der Waals surface area contributed by atoms with Crippen molar-refractivity contribution in [3.63, 3.8) is 0 Å². The van der Waals surface area contributed by atoms with E-state index in [1.54, 1.807) is 12.0 Å². The van der Waals surface area contributed by atoms with Gasteiger partial charge in [0.05, 0.1) is 25.6 Å². The fourth-order valence-electron chi connectivity index (χ4n) is 0.844. The summed E-state index contributed by atoms with van der Waals surface area (Å²) < 4.78 is 4.83. The third-order valence-electron chi connectivity index (χ3n) is 1.55. The molecule has 0 heterocycles. The van der Waals surface area contributed by atoms with Crippen molar-refractivity contribution < 1.29 is 14.6 Å². The number of carbonyl (C=O) groups is 1. The lowest BCUT2D eigenvalue weighted by atomic mass is 10.4. The zero-order valence-electron chi connectivity index (χ0n) is 7.69. The van der Waals surface area contributed by atoms with E-state index in [2.05, 4.69) is 0 Å². The lowest BCUT2D eigenvalue weighted by molar-refractivity contribution is -0.137. The molecule has 0 radical (unpaired) electrons. The van der Waals surface area contributed by atoms with Crippen LogP contribution in [0.5, 0.6) is 0 Å². The highest BCUT2D eigenvalue weighted by molar-refractivity contribution is 5.66. The summed E-state index contributed by atoms with van der Waals surface area (Å²) in [6.45, 7) is 1.75. The Labute approximate surface area is 77.5 Å². The maximum atomic E-state index is 10.2. The highest BCUT2D eigenvalue weighted by Crippen LogP contribution is 1.91. The van der Waals surface area contributed by atoms with Gasteiger partial charge in [-0.15, -0.1) is 0 Å². The van der Waals surface area contributed by atoms with E-state index in [9.17, 15) is 4.79 Å². The largest absolute Gasteiger partial charge is 0.481 e. The Kier molecular flexibility index (Phi) is 6.88. The molecule has 0 bridgehead atoms. The van der Waals surface area contributed by atoms with Crippen LogP contribution in [-0.2, 0) is 9.53 Å². The summed E-state index contributed by atoms with van der Waals surface area (Å²) in [5, 5.41) is 16.8. The second kappa shape index (κ2) is 7.53. The molecule has 0 rings (SSSR count). The SMILES string of the molecule is COCCN(CC#N)CCC(=O)O. The monoisotopic (exact) mass is 186 g/mol. The van der Waals surface area contributed by atoms with Gasteiger partial charge in [-0.25, -0.2) is 0 Å². The van der Waals surface area contributed by atoms with Gasteiger partial charge in [-0.05, 0) is 0 Å². The molecule has 13 heavy (non-hydrogen) atoms. The molecule has 0 atom stereocenters. The van der Waals surface area contributed by atoms with E-state index in [0.717, 1.165) is 0 Å². The summed E-state index contributed by atoms with van der Waals surface area (Å²) in [4.78, 5) is 12.0. The molecule has 0 aliphatic carbocycles. The van der Waals surface area contributed by atoms with Crippen LogP contribution in [-0.4, -0.2) is 49.3 Å². The Morgan fingerprint density at radius 2 is 2.31 bits per heavy atom. The van der Waals surface area contributed by atoms with Crippen molar-refractivity contribution in [2.24, 2.45) is 0 Å². The molecule has 0 fully saturated rings. The van der Waals surface area contributed by atoms with Gasteiger partial charge in [0.2, 0.25) is 0 Å². The number of carboxylic acids is 1. The Morgan fingerprint density at radius 1 is 1.62 bits per heavy atom. The second-order valence-corrected chi connectivity index (χ2v) is 2.57. The molecule has 0 aromatic rings. The van der Waals surface area contributed by atoms with E-state index in [1.165, 1.54) is 0 Å². The molecule has 0 saturated heterocycles. The quantitative estimate of drug-likeness (QED) is 0.563. The summed E-state index contributed by atoms with van der Waals surface area (Å²) in [6, 6.07) is 1.98. The van der Waals surface area contributed by atoms with Crippen molar-refractivity contribution in [1.82, 2.24) is 4.90 Å². The molecule has 5 nitrogen and oxygen atoms in total. The van der Waals surface area contributed by atoms with Crippen molar-refractivity contribution in [2.45, 2.75) is 6.42 Å². The lowest BCUT2D eigenvalue weighted by Crippen LogP contribution is -2.30. The van der Waals surface area contributed by atoms with E-state index in [-0.39, 0.29) is 13.0 Å². The van der Waals surface area contributed by atoms with Gasteiger partial charge >= 0.3 is 5.97 Å². The molecule has 0 aromatic carbocycles. The van der Waals surface area contributed by atoms with Crippen molar-refractivity contribution in [3.8, 4) is 6.07 Å². The van der Waals surface area contributed by atoms with Gasteiger partial charge < -0.3 is 9.84 Å². The van der Waals surface area contributed by atoms with Crippen LogP contribution in [0.1, 0.15) is 6.42 Å². The molecule has 0 aliphatic heterocycles. The lowest BCUT2D eigenvalue weighted by Gasteiger charge is -2.16. The Morgan fingerprint density at radius 3 is 2.77 bits per heavy atom. The summed E-state index contributed by atoms with van der Waals surface area (Å²) in [7, 11) is 1.57. The average Bonchev–Trinajstić information content (AvgIpc) is 2.09. The minimum atomic E-state index is -0.847. The summed E-state index contributed by atoms with van der Waals surface area (Å²) >= 11 is 0. The number of methoxy groups -OCH3 is 1. The van der Waals surface area contributed by atoms with Crippen LogP contribution < -0.4 is 0 Å². The molecule has 0 saturated carbocycles. The highest BCUT2D eigenvalue weighted by atomic mass is 16.5. The first kappa shape index (κ1) is 11.9. The van der Waals surface area contributed by atoms with Gasteiger partial charge in [0, 0.05) is 20.2 Å². The van der Waals surface area contributed by atoms with Crippen LogP contribution in [0, 0.1) is 11.3 Å². The van der Waals surface area contributed by atoms with Gasteiger partial charge in [0.25, 0.3) is 0 Å². The van der Waals surface area contributed by atoms with Gasteiger partial charge in [-0.2, -0.15) is 5.26 Å². The van der Waals surface area contributed by atoms with E-state index in [4.69, 9.17) is 15.1 Å². The van der Waals surface area contributed by atoms with Crippen LogP contribution in [0.2, 0.25) is 0 Å². The molecular formula is C8H14N2O3. The molecule has 0 amide bonds. The van der Waals surface area contributed by atoms with Crippen LogP contribution in [0.25, 0.3) is 0 Å². The molecule has 0 aliphatic rings. The first-order valence-corrected chi connectivity index (χ1v) is 4.00. The summed E-state index contributed by atoms with van der Waals surface area (Å²) in [5.41, 5.74) is 0. The summed E-state index contributed by atoms with van der Waals surface area (Å²) in [5.74, 6) is -0.847. The van der Waals surface area contributed by atoms with Crippen molar-refractivity contribution in [3.05, 3.63) is 0 Å². The van der Waals surface area contributed by atoms with Gasteiger partial charge in [0.1, 0.15) is 0 Å². The third kappa shape index (κ3) is 7.25. The third-order valence-corrected chi connectivity index (χ3v) is 1.55. The van der Waals surface area contributed by atoms with E-state index in [0.29, 0.717) is 19.7 Å². The Balaban J connectivity index is 3.67. The van der Waals surface area contributed by atoms with Crippen LogP contribution >= 0.6 is 0 Å². The topological polar surface area (TPSA) is 73.6 Å². The maximum absolute atomic E-state index is 10.2. The molecule has 0 spiro atoms. The molecule has 74 valence electrons. The van der Waals surface area contributed by atoms with E-state index >= 15 is 0 Å². The number of nitriles is 1. The minimum absolute atomic E-state index is 0.0609. The minimum Gasteiger partial charge on any atom is -0.481 e. The van der Waals surface area contributed by atoms with Crippen molar-refractivity contribution in [1.29, 1.82) is 5.26 Å². The normalized spacial score (nSPS) is 9.92. The Bertz CT molecular complexity index is 188. The van der Waals surface area contributed by atoms with E-state index < -0.39 is 5.97 Å². The van der Waals surface area contributed by atoms with Crippen molar-refractivity contribution >= 4 is 5.97 Å². The second-order valence-electron chi connectivity index (χ2n) is 2.57. The van der Waals surface area contributed by atoms with Gasteiger partial charge in [-0.1, -0.05) is 0 Å². The highest BCUT2D eigenvalue weighted by Gasteiger charge is 2.05. The number of aliphatic carboxylic acids is 1. The number of nitrogens with zero attached hydrogens (tertiary/aromatic N) is 2. The van der Waals surface area contributed by atoms with Crippen LogP contribution in [0.3, 0.4) is 0 Å². The number of hydrogen-bond acceptors (Lipinski definition) is 4. The predicted molar refractivity (Wildman–Crippen MR) is 46.2 cm³/mol. The molecule has 0 unspecified atom stereocenters. The number of ether oxygens (including phenoxy) is 1. The zero-order valence-corrected chi connectivity index (χ0v) is 7.69. The zero-order chi connectivity index (χ0) is 10.1. The molecular weight excluding hydrogens is 172 g/mol. The Hall–Kier alpha value is -1.12. The average molecular weight is 186 g/mol. The number of carboxylic acid groups (broad SMARTS) is 1. The predicted octanol–water partition coefficient (Wildman–Crippen LogP) is -0.0669. The standard InChI is InChI=1S/C8H14N2O3/c1-13-7-6-10(5-3-9)4-2-8(11)12/h2,4-7H2,1H3,(H,11,12). The first-order valence-electron chi connectivity index (χ1n) is 4.00. The molecule has 1 N–H and O–H groups in total. The van der Waals surface area contributed by atoms with Gasteiger partial charge in [-0.3, -0.25) is 9.69 Å². The van der Waals surface area contributed by atoms with Crippen LogP contribution in [0.4, 0.5) is 0 Å². The molecule has 5 heteroatoms. The fraction of sp³-hybridized carbons (Fsp3) is 0.750. The van der Waals surface area contributed by atoms with Crippen molar-refractivity contribution in [2.75, 3.05) is 33.4 Å². The smallest absolute Gasteiger partial charge is 0.304 e. The first-order chi connectivity index (χ1) is 6.20.